The zero-order chi connectivity index (χ0) is 34.1. The molecule has 0 aliphatic carbocycles. The lowest BCUT2D eigenvalue weighted by Gasteiger charge is -2.34. The van der Waals surface area contributed by atoms with Gasteiger partial charge in [-0.2, -0.15) is 8.42 Å². The number of benzene rings is 2. The number of aliphatic carboxylic acids is 1. The van der Waals surface area contributed by atoms with Gasteiger partial charge in [0.2, 0.25) is 0 Å². The van der Waals surface area contributed by atoms with Crippen molar-refractivity contribution in [2.45, 2.75) is 46.0 Å². The molecule has 13 heteroatoms. The average molecular weight is 666 g/mol. The highest BCUT2D eigenvalue weighted by atomic mass is 32.2. The standard InChI is InChI=1S/C34H39N3O9S/c1-3-35(4-2)25-15-16-26-28(22-25)30(46-23-29(26)24-12-7-5-8-13-24)18-17-27-32(40)36(19-10-6-9-14-31(38)39)34(42)37(33(27)41)20-11-21-47(43,44)45/h5,7-8,12-13,15-18,22-23H,3-4,6,9-11,14,19-21H2,1-2H3,(H,38,39)(H,43,44,45). The number of carboxylic acids is 1. The van der Waals surface area contributed by atoms with Gasteiger partial charge in [0.05, 0.1) is 12.0 Å². The second kappa shape index (κ2) is 15.7. The van der Waals surface area contributed by atoms with Crippen LogP contribution >= 0.6 is 0 Å². The fraction of sp³-hybridized carbons (Fsp3) is 0.353. The molecule has 2 aliphatic heterocycles. The summed E-state index contributed by atoms with van der Waals surface area (Å²) in [5.41, 5.74) is 4.05. The summed E-state index contributed by atoms with van der Waals surface area (Å²) in [7, 11) is -4.34. The van der Waals surface area contributed by atoms with Gasteiger partial charge >= 0.3 is 12.0 Å². The largest absolute Gasteiger partial charge is 0.481 e. The molecule has 2 aliphatic rings. The Morgan fingerprint density at radius 1 is 0.872 bits per heavy atom. The van der Waals surface area contributed by atoms with Gasteiger partial charge < -0.3 is 14.7 Å². The molecule has 4 amide bonds. The van der Waals surface area contributed by atoms with Crippen LogP contribution in [-0.4, -0.2) is 83.6 Å². The molecule has 12 nitrogen and oxygen atoms in total. The first-order chi connectivity index (χ1) is 22.4. The third-order valence-corrected chi connectivity index (χ3v) is 8.75. The van der Waals surface area contributed by atoms with Gasteiger partial charge in [-0.3, -0.25) is 28.7 Å². The summed E-state index contributed by atoms with van der Waals surface area (Å²) in [5.74, 6) is -2.98. The Morgan fingerprint density at radius 3 is 2.15 bits per heavy atom. The Balaban J connectivity index is 1.71. The second-order valence-corrected chi connectivity index (χ2v) is 12.6. The van der Waals surface area contributed by atoms with Crippen molar-refractivity contribution in [2.24, 2.45) is 0 Å². The second-order valence-electron chi connectivity index (χ2n) is 11.1. The topological polar surface area (TPSA) is 162 Å². The van der Waals surface area contributed by atoms with E-state index in [0.717, 1.165) is 50.8 Å². The molecule has 2 aromatic carbocycles. The maximum Gasteiger partial charge on any atom is 0.333 e. The Labute approximate surface area is 274 Å². The molecule has 0 unspecified atom stereocenters. The van der Waals surface area contributed by atoms with Gasteiger partial charge in [0.1, 0.15) is 11.3 Å². The highest BCUT2D eigenvalue weighted by Gasteiger charge is 2.41. The Bertz CT molecular complexity index is 1710. The van der Waals surface area contributed by atoms with Gasteiger partial charge in [-0.05, 0) is 68.5 Å². The number of fused-ring (bicyclic) bond motifs is 1. The van der Waals surface area contributed by atoms with Gasteiger partial charge in [0, 0.05) is 49.4 Å². The molecule has 47 heavy (non-hydrogen) atoms. The van der Waals surface area contributed by atoms with Gasteiger partial charge in [-0.1, -0.05) is 42.8 Å². The van der Waals surface area contributed by atoms with E-state index in [1.807, 2.05) is 48.5 Å². The molecule has 250 valence electrons. The summed E-state index contributed by atoms with van der Waals surface area (Å²) in [6, 6.07) is 14.8. The molecule has 1 fully saturated rings. The lowest BCUT2D eigenvalue weighted by molar-refractivity contribution is -0.138. The zero-order valence-electron chi connectivity index (χ0n) is 26.4. The fourth-order valence-corrected chi connectivity index (χ4v) is 6.00. The molecule has 0 aromatic heterocycles. The SMILES string of the molecule is CCN(CC)c1ccc2c(c1)C(=CC=C1C(=O)N(CCCCCC(=O)O)C(=O)N(CCCS(=O)(=O)O)C1=O)OC=C2c1ccccc1. The van der Waals surface area contributed by atoms with Crippen LogP contribution in [0.3, 0.4) is 0 Å². The molecule has 1 saturated heterocycles. The smallest absolute Gasteiger partial charge is 0.333 e. The van der Waals surface area contributed by atoms with E-state index in [1.54, 1.807) is 6.26 Å². The van der Waals surface area contributed by atoms with E-state index in [9.17, 15) is 27.6 Å². The number of imide groups is 2. The molecule has 2 aromatic rings. The van der Waals surface area contributed by atoms with Crippen molar-refractivity contribution < 1.29 is 42.0 Å². The molecule has 2 N–H and O–H groups in total. The third kappa shape index (κ3) is 8.74. The summed E-state index contributed by atoms with van der Waals surface area (Å²) in [5, 5.41) is 8.90. The minimum atomic E-state index is -4.34. The summed E-state index contributed by atoms with van der Waals surface area (Å²) < 4.78 is 37.8. The summed E-state index contributed by atoms with van der Waals surface area (Å²) in [6.07, 6.45) is 5.21. The van der Waals surface area contributed by atoms with Crippen LogP contribution < -0.4 is 4.90 Å². The number of rotatable bonds is 15. The van der Waals surface area contributed by atoms with Crippen molar-refractivity contribution in [3.63, 3.8) is 0 Å². The number of urea groups is 1. The molecular formula is C34H39N3O9S. The Hall–Kier alpha value is -4.75. The predicted molar refractivity (Wildman–Crippen MR) is 177 cm³/mol. The number of ether oxygens (including phenoxy) is 1. The fourth-order valence-electron chi connectivity index (χ4n) is 5.50. The van der Waals surface area contributed by atoms with Gasteiger partial charge in [-0.25, -0.2) is 4.79 Å². The number of barbiturate groups is 1. The minimum Gasteiger partial charge on any atom is -0.481 e. The first-order valence-corrected chi connectivity index (χ1v) is 17.1. The van der Waals surface area contributed by atoms with E-state index in [0.29, 0.717) is 25.0 Å². The van der Waals surface area contributed by atoms with E-state index >= 15 is 0 Å². The highest BCUT2D eigenvalue weighted by Crippen LogP contribution is 2.38. The normalized spacial score (nSPS) is 16.7. The van der Waals surface area contributed by atoms with E-state index in [4.69, 9.17) is 14.4 Å². The quantitative estimate of drug-likeness (QED) is 0.115. The zero-order valence-corrected chi connectivity index (χ0v) is 27.2. The number of allylic oxidation sites excluding steroid dienone is 2. The molecule has 0 saturated carbocycles. The van der Waals surface area contributed by atoms with Crippen molar-refractivity contribution in [1.82, 2.24) is 9.80 Å². The number of carbonyl (C=O) groups is 4. The Morgan fingerprint density at radius 2 is 1.53 bits per heavy atom. The van der Waals surface area contributed by atoms with Crippen LogP contribution in [0.2, 0.25) is 0 Å². The molecular weight excluding hydrogens is 626 g/mol. The van der Waals surface area contributed by atoms with Crippen LogP contribution in [0.25, 0.3) is 11.3 Å². The van der Waals surface area contributed by atoms with Crippen LogP contribution in [0.1, 0.15) is 62.6 Å². The number of amides is 4. The van der Waals surface area contributed by atoms with Crippen molar-refractivity contribution >= 4 is 51.0 Å². The van der Waals surface area contributed by atoms with Gasteiger partial charge in [0.15, 0.2) is 0 Å². The molecule has 0 radical (unpaired) electrons. The lowest BCUT2D eigenvalue weighted by atomic mass is 9.91. The molecule has 4 rings (SSSR count). The molecule has 2 heterocycles. The maximum absolute atomic E-state index is 13.5. The van der Waals surface area contributed by atoms with Crippen LogP contribution in [0.15, 0.2) is 72.5 Å². The minimum absolute atomic E-state index is 0.0568. The number of hydrogen-bond acceptors (Lipinski definition) is 8. The summed E-state index contributed by atoms with van der Waals surface area (Å²) in [6.45, 7) is 5.25. The van der Waals surface area contributed by atoms with E-state index in [1.165, 1.54) is 12.2 Å². The molecule has 0 spiro atoms. The number of carbonyl (C=O) groups excluding carboxylic acids is 3. The molecule has 0 atom stereocenters. The van der Waals surface area contributed by atoms with Gasteiger partial charge in [-0.15, -0.1) is 0 Å². The predicted octanol–water partition coefficient (Wildman–Crippen LogP) is 4.93. The average Bonchev–Trinajstić information content (AvgIpc) is 3.04. The van der Waals surface area contributed by atoms with Crippen LogP contribution in [0, 0.1) is 0 Å². The van der Waals surface area contributed by atoms with E-state index < -0.39 is 39.7 Å². The number of nitrogens with zero attached hydrogens (tertiary/aromatic N) is 3. The van der Waals surface area contributed by atoms with Crippen LogP contribution in [-0.2, 0) is 29.2 Å². The summed E-state index contributed by atoms with van der Waals surface area (Å²) >= 11 is 0. The number of anilines is 1. The highest BCUT2D eigenvalue weighted by molar-refractivity contribution is 7.85. The van der Waals surface area contributed by atoms with E-state index in [-0.39, 0.29) is 31.5 Å². The monoisotopic (exact) mass is 665 g/mol. The number of hydrogen-bond donors (Lipinski definition) is 2. The van der Waals surface area contributed by atoms with Crippen molar-refractivity contribution in [3.8, 4) is 0 Å². The van der Waals surface area contributed by atoms with E-state index in [2.05, 4.69) is 18.7 Å². The number of carboxylic acid groups (broad SMARTS) is 1. The summed E-state index contributed by atoms with van der Waals surface area (Å²) in [4.78, 5) is 55.0. The first kappa shape index (κ1) is 35.1. The van der Waals surface area contributed by atoms with Crippen LogP contribution in [0.4, 0.5) is 10.5 Å². The maximum atomic E-state index is 13.5. The van der Waals surface area contributed by atoms with Crippen molar-refractivity contribution in [1.29, 1.82) is 0 Å². The molecule has 0 bridgehead atoms. The van der Waals surface area contributed by atoms with Crippen molar-refractivity contribution in [2.75, 3.05) is 36.8 Å². The third-order valence-electron chi connectivity index (χ3n) is 7.95. The van der Waals surface area contributed by atoms with Gasteiger partial charge in [0.25, 0.3) is 21.9 Å². The first-order valence-electron chi connectivity index (χ1n) is 15.5. The van der Waals surface area contributed by atoms with Crippen molar-refractivity contribution in [3.05, 3.63) is 89.2 Å². The number of unbranched alkanes of at least 4 members (excludes halogenated alkanes) is 2. The Kier molecular flexibility index (Phi) is 11.7. The van der Waals surface area contributed by atoms with Crippen LogP contribution in [0.5, 0.6) is 0 Å². The lowest BCUT2D eigenvalue weighted by Crippen LogP contribution is -2.56.